The number of rotatable bonds is 3. The number of anilines is 2. The molecule has 23 heavy (non-hydrogen) atoms. The van der Waals surface area contributed by atoms with Gasteiger partial charge in [0.15, 0.2) is 11.5 Å². The highest BCUT2D eigenvalue weighted by Gasteiger charge is 2.26. The number of aryl methyl sites for hydroxylation is 2. The molecule has 5 nitrogen and oxygen atoms in total. The summed E-state index contributed by atoms with van der Waals surface area (Å²) < 4.78 is 14.1. The second-order valence-corrected chi connectivity index (χ2v) is 6.60. The third kappa shape index (κ3) is 3.41. The normalized spacial score (nSPS) is 17.7. The van der Waals surface area contributed by atoms with Crippen LogP contribution in [0.3, 0.4) is 0 Å². The number of halogens is 1. The first-order valence-electron chi connectivity index (χ1n) is 7.90. The SMILES string of the molecule is Cc1ccc2c(c1)CCCC2Nc1nc(N)nc(C(C)(C)F)n1. The minimum atomic E-state index is -1.66. The maximum Gasteiger partial charge on any atom is 0.228 e. The van der Waals surface area contributed by atoms with Crippen LogP contribution in [0.4, 0.5) is 16.3 Å². The Bertz CT molecular complexity index is 723. The molecule has 1 aliphatic carbocycles. The molecule has 1 aliphatic rings. The van der Waals surface area contributed by atoms with Gasteiger partial charge in [-0.1, -0.05) is 23.8 Å². The van der Waals surface area contributed by atoms with Crippen LogP contribution in [0.15, 0.2) is 18.2 Å². The van der Waals surface area contributed by atoms with Gasteiger partial charge in [-0.3, -0.25) is 0 Å². The molecule has 6 heteroatoms. The number of hydrogen-bond acceptors (Lipinski definition) is 5. The van der Waals surface area contributed by atoms with Gasteiger partial charge in [-0.2, -0.15) is 15.0 Å². The molecule has 0 spiro atoms. The number of hydrogen-bond donors (Lipinski definition) is 2. The lowest BCUT2D eigenvalue weighted by molar-refractivity contribution is 0.206. The molecule has 3 N–H and O–H groups in total. The summed E-state index contributed by atoms with van der Waals surface area (Å²) in [6.07, 6.45) is 3.16. The van der Waals surface area contributed by atoms with E-state index in [0.29, 0.717) is 5.95 Å². The van der Waals surface area contributed by atoms with Crippen LogP contribution in [0.25, 0.3) is 0 Å². The van der Waals surface area contributed by atoms with Gasteiger partial charge in [0.1, 0.15) is 0 Å². The molecule has 1 aromatic carbocycles. The molecule has 0 bridgehead atoms. The van der Waals surface area contributed by atoms with Crippen molar-refractivity contribution < 1.29 is 4.39 Å². The quantitative estimate of drug-likeness (QED) is 0.907. The largest absolute Gasteiger partial charge is 0.368 e. The third-order valence-electron chi connectivity index (χ3n) is 4.10. The van der Waals surface area contributed by atoms with Crippen molar-refractivity contribution in [2.75, 3.05) is 11.1 Å². The molecule has 1 heterocycles. The number of nitrogens with two attached hydrogens (primary N) is 1. The van der Waals surface area contributed by atoms with Gasteiger partial charge in [0.05, 0.1) is 6.04 Å². The van der Waals surface area contributed by atoms with Crippen LogP contribution in [0.5, 0.6) is 0 Å². The molecule has 0 fully saturated rings. The molecule has 0 saturated heterocycles. The van der Waals surface area contributed by atoms with Gasteiger partial charge < -0.3 is 11.1 Å². The zero-order valence-electron chi connectivity index (χ0n) is 13.7. The van der Waals surface area contributed by atoms with Crippen molar-refractivity contribution in [1.29, 1.82) is 0 Å². The van der Waals surface area contributed by atoms with Gasteiger partial charge in [-0.25, -0.2) is 4.39 Å². The molecular formula is C17H22FN5. The Kier molecular flexibility index (Phi) is 3.92. The number of alkyl halides is 1. The van der Waals surface area contributed by atoms with E-state index in [0.717, 1.165) is 19.3 Å². The van der Waals surface area contributed by atoms with Crippen molar-refractivity contribution in [2.24, 2.45) is 0 Å². The van der Waals surface area contributed by atoms with E-state index < -0.39 is 5.67 Å². The average Bonchev–Trinajstić information content (AvgIpc) is 2.45. The standard InChI is InChI=1S/C17H22FN5/c1-10-7-8-12-11(9-10)5-4-6-13(12)20-16-22-14(17(2,3)18)21-15(19)23-16/h7-9,13H,4-6H2,1-3H3,(H3,19,20,21,22,23). The van der Waals surface area contributed by atoms with Crippen LogP contribution in [-0.2, 0) is 12.1 Å². The fourth-order valence-electron chi connectivity index (χ4n) is 2.97. The highest BCUT2D eigenvalue weighted by atomic mass is 19.1. The summed E-state index contributed by atoms with van der Waals surface area (Å²) in [4.78, 5) is 12.2. The van der Waals surface area contributed by atoms with E-state index in [4.69, 9.17) is 5.73 Å². The second-order valence-electron chi connectivity index (χ2n) is 6.60. The van der Waals surface area contributed by atoms with Crippen molar-refractivity contribution in [2.45, 2.75) is 51.7 Å². The fraction of sp³-hybridized carbons (Fsp3) is 0.471. The van der Waals surface area contributed by atoms with E-state index in [1.807, 2.05) is 0 Å². The Hall–Kier alpha value is -2.24. The fourth-order valence-corrected chi connectivity index (χ4v) is 2.97. The number of nitrogens with one attached hydrogen (secondary N) is 1. The molecular weight excluding hydrogens is 293 g/mol. The highest BCUT2D eigenvalue weighted by molar-refractivity contribution is 5.41. The Balaban J connectivity index is 1.91. The predicted octanol–water partition coefficient (Wildman–Crippen LogP) is 3.46. The summed E-state index contributed by atoms with van der Waals surface area (Å²) in [6.45, 7) is 4.91. The molecule has 122 valence electrons. The minimum Gasteiger partial charge on any atom is -0.368 e. The van der Waals surface area contributed by atoms with Crippen LogP contribution in [-0.4, -0.2) is 15.0 Å². The van der Waals surface area contributed by atoms with Crippen molar-refractivity contribution in [3.05, 3.63) is 40.7 Å². The average molecular weight is 315 g/mol. The molecule has 2 aromatic rings. The lowest BCUT2D eigenvalue weighted by Gasteiger charge is -2.27. The predicted molar refractivity (Wildman–Crippen MR) is 88.9 cm³/mol. The molecule has 3 rings (SSSR count). The van der Waals surface area contributed by atoms with E-state index in [1.165, 1.54) is 30.5 Å². The zero-order chi connectivity index (χ0) is 16.6. The zero-order valence-corrected chi connectivity index (χ0v) is 13.7. The lowest BCUT2D eigenvalue weighted by atomic mass is 9.87. The van der Waals surface area contributed by atoms with Crippen LogP contribution in [0.1, 0.15) is 55.2 Å². The van der Waals surface area contributed by atoms with E-state index in [1.54, 1.807) is 0 Å². The van der Waals surface area contributed by atoms with E-state index >= 15 is 0 Å². The summed E-state index contributed by atoms with van der Waals surface area (Å²) >= 11 is 0. The van der Waals surface area contributed by atoms with Crippen molar-refractivity contribution >= 4 is 11.9 Å². The van der Waals surface area contributed by atoms with Crippen LogP contribution >= 0.6 is 0 Å². The van der Waals surface area contributed by atoms with Gasteiger partial charge in [-0.15, -0.1) is 0 Å². The van der Waals surface area contributed by atoms with Crippen molar-refractivity contribution in [3.8, 4) is 0 Å². The number of nitrogens with zero attached hydrogens (tertiary/aromatic N) is 3. The summed E-state index contributed by atoms with van der Waals surface area (Å²) in [5.41, 5.74) is 7.91. The maximum atomic E-state index is 14.1. The van der Waals surface area contributed by atoms with E-state index in [-0.39, 0.29) is 17.8 Å². The Morgan fingerprint density at radius 3 is 2.78 bits per heavy atom. The molecule has 0 aliphatic heterocycles. The second kappa shape index (κ2) is 5.76. The van der Waals surface area contributed by atoms with Gasteiger partial charge >= 0.3 is 0 Å². The Morgan fingerprint density at radius 2 is 2.04 bits per heavy atom. The summed E-state index contributed by atoms with van der Waals surface area (Å²) in [6, 6.07) is 6.58. The third-order valence-corrected chi connectivity index (χ3v) is 4.10. The number of fused-ring (bicyclic) bond motifs is 1. The maximum absolute atomic E-state index is 14.1. The van der Waals surface area contributed by atoms with Gasteiger partial charge in [0, 0.05) is 0 Å². The van der Waals surface area contributed by atoms with Gasteiger partial charge in [-0.05, 0) is 51.2 Å². The number of nitrogen functional groups attached to an aromatic ring is 1. The smallest absolute Gasteiger partial charge is 0.228 e. The molecule has 0 amide bonds. The molecule has 1 aromatic heterocycles. The molecule has 0 saturated carbocycles. The molecule has 1 atom stereocenters. The van der Waals surface area contributed by atoms with Gasteiger partial charge in [0.25, 0.3) is 0 Å². The molecule has 0 radical (unpaired) electrons. The number of benzene rings is 1. The molecule has 1 unspecified atom stereocenters. The van der Waals surface area contributed by atoms with E-state index in [9.17, 15) is 4.39 Å². The first kappa shape index (κ1) is 15.6. The monoisotopic (exact) mass is 315 g/mol. The van der Waals surface area contributed by atoms with Crippen molar-refractivity contribution in [3.63, 3.8) is 0 Å². The Labute approximate surface area is 135 Å². The Morgan fingerprint density at radius 1 is 1.26 bits per heavy atom. The van der Waals surface area contributed by atoms with Gasteiger partial charge in [0.2, 0.25) is 11.9 Å². The lowest BCUT2D eigenvalue weighted by Crippen LogP contribution is -2.22. The number of aromatic nitrogens is 3. The van der Waals surface area contributed by atoms with Crippen molar-refractivity contribution in [1.82, 2.24) is 15.0 Å². The first-order valence-corrected chi connectivity index (χ1v) is 7.90. The topological polar surface area (TPSA) is 76.7 Å². The summed E-state index contributed by atoms with van der Waals surface area (Å²) in [5, 5.41) is 3.30. The first-order chi connectivity index (χ1) is 10.8. The van der Waals surface area contributed by atoms with Crippen LogP contribution in [0, 0.1) is 6.92 Å². The van der Waals surface area contributed by atoms with E-state index in [2.05, 4.69) is 45.4 Å². The summed E-state index contributed by atoms with van der Waals surface area (Å²) in [5.74, 6) is 0.409. The van der Waals surface area contributed by atoms with Crippen LogP contribution in [0.2, 0.25) is 0 Å². The summed E-state index contributed by atoms with van der Waals surface area (Å²) in [7, 11) is 0. The highest BCUT2D eigenvalue weighted by Crippen LogP contribution is 2.33. The van der Waals surface area contributed by atoms with Crippen LogP contribution < -0.4 is 11.1 Å². The minimum absolute atomic E-state index is 0.0307.